The summed E-state index contributed by atoms with van der Waals surface area (Å²) in [5, 5.41) is 9.11. The Bertz CT molecular complexity index is 173. The van der Waals surface area contributed by atoms with Crippen molar-refractivity contribution in [1.82, 2.24) is 4.90 Å². The molecule has 1 unspecified atom stereocenters. The second-order valence-electron chi connectivity index (χ2n) is 3.62. The zero-order valence-electron chi connectivity index (χ0n) is 7.91. The lowest BCUT2D eigenvalue weighted by Crippen LogP contribution is -2.42. The molecule has 3 N–H and O–H groups in total. The standard InChI is InChI=1S/C9H18N2O2/c10-9(13)6-11-5-3-1-2-4-8(11)7-12/h8,12H,1-7H2,(H2,10,13). The van der Waals surface area contributed by atoms with Gasteiger partial charge in [0.25, 0.3) is 0 Å². The second kappa shape index (κ2) is 5.19. The van der Waals surface area contributed by atoms with E-state index in [2.05, 4.69) is 0 Å². The quantitative estimate of drug-likeness (QED) is 0.636. The molecule has 1 amide bonds. The Morgan fingerprint density at radius 2 is 2.23 bits per heavy atom. The zero-order chi connectivity index (χ0) is 9.68. The van der Waals surface area contributed by atoms with Gasteiger partial charge in [0, 0.05) is 6.04 Å². The molecule has 0 spiro atoms. The lowest BCUT2D eigenvalue weighted by molar-refractivity contribution is -0.119. The van der Waals surface area contributed by atoms with Gasteiger partial charge in [-0.05, 0) is 19.4 Å². The van der Waals surface area contributed by atoms with Gasteiger partial charge in [-0.15, -0.1) is 0 Å². The Balaban J connectivity index is 2.48. The van der Waals surface area contributed by atoms with Gasteiger partial charge < -0.3 is 10.8 Å². The summed E-state index contributed by atoms with van der Waals surface area (Å²) >= 11 is 0. The molecule has 0 saturated carbocycles. The van der Waals surface area contributed by atoms with E-state index in [1.807, 2.05) is 4.90 Å². The van der Waals surface area contributed by atoms with E-state index in [4.69, 9.17) is 10.8 Å². The van der Waals surface area contributed by atoms with Crippen LogP contribution in [-0.4, -0.2) is 41.7 Å². The molecule has 0 aromatic carbocycles. The Hall–Kier alpha value is -0.610. The van der Waals surface area contributed by atoms with E-state index in [-0.39, 0.29) is 25.1 Å². The molecule has 76 valence electrons. The van der Waals surface area contributed by atoms with Crippen LogP contribution in [0, 0.1) is 0 Å². The van der Waals surface area contributed by atoms with Gasteiger partial charge in [-0.1, -0.05) is 12.8 Å². The van der Waals surface area contributed by atoms with Gasteiger partial charge in [0.15, 0.2) is 0 Å². The molecule has 4 nitrogen and oxygen atoms in total. The predicted octanol–water partition coefficient (Wildman–Crippen LogP) is -0.291. The normalized spacial score (nSPS) is 25.5. The highest BCUT2D eigenvalue weighted by atomic mass is 16.3. The molecule has 1 rings (SSSR count). The van der Waals surface area contributed by atoms with E-state index in [0.717, 1.165) is 25.8 Å². The zero-order valence-corrected chi connectivity index (χ0v) is 7.91. The van der Waals surface area contributed by atoms with Crippen molar-refractivity contribution in [3.05, 3.63) is 0 Å². The molecule has 0 aliphatic carbocycles. The number of aliphatic hydroxyl groups is 1. The van der Waals surface area contributed by atoms with Crippen LogP contribution in [0.1, 0.15) is 25.7 Å². The molecule has 1 aliphatic rings. The Kier molecular flexibility index (Phi) is 4.18. The summed E-state index contributed by atoms with van der Waals surface area (Å²) in [5.41, 5.74) is 5.13. The van der Waals surface area contributed by atoms with Gasteiger partial charge >= 0.3 is 0 Å². The lowest BCUT2D eigenvalue weighted by atomic mass is 10.1. The highest BCUT2D eigenvalue weighted by Gasteiger charge is 2.20. The minimum Gasteiger partial charge on any atom is -0.395 e. The molecule has 0 aromatic rings. The highest BCUT2D eigenvalue weighted by Crippen LogP contribution is 2.15. The number of rotatable bonds is 3. The molecule has 1 saturated heterocycles. The van der Waals surface area contributed by atoms with Crippen LogP contribution in [-0.2, 0) is 4.79 Å². The van der Waals surface area contributed by atoms with E-state index in [9.17, 15) is 4.79 Å². The molecule has 13 heavy (non-hydrogen) atoms. The number of aliphatic hydroxyl groups excluding tert-OH is 1. The highest BCUT2D eigenvalue weighted by molar-refractivity contribution is 5.75. The molecule has 1 fully saturated rings. The van der Waals surface area contributed by atoms with Gasteiger partial charge in [-0.25, -0.2) is 0 Å². The van der Waals surface area contributed by atoms with E-state index in [0.29, 0.717) is 0 Å². The summed E-state index contributed by atoms with van der Waals surface area (Å²) in [6.45, 7) is 1.30. The van der Waals surface area contributed by atoms with Gasteiger partial charge in [-0.3, -0.25) is 9.69 Å². The minimum atomic E-state index is -0.305. The number of hydrogen-bond donors (Lipinski definition) is 2. The van der Waals surface area contributed by atoms with Crippen molar-refractivity contribution in [2.24, 2.45) is 5.73 Å². The number of nitrogens with zero attached hydrogens (tertiary/aromatic N) is 1. The first kappa shape index (κ1) is 10.5. The maximum atomic E-state index is 10.7. The fraction of sp³-hybridized carbons (Fsp3) is 0.889. The van der Waals surface area contributed by atoms with Crippen LogP contribution in [0.4, 0.5) is 0 Å². The minimum absolute atomic E-state index is 0.132. The third kappa shape index (κ3) is 3.32. The Labute approximate surface area is 78.7 Å². The van der Waals surface area contributed by atoms with Crippen LogP contribution in [0.2, 0.25) is 0 Å². The average Bonchev–Trinajstić information content (AvgIpc) is 2.28. The molecule has 1 heterocycles. The van der Waals surface area contributed by atoms with Crippen molar-refractivity contribution in [2.75, 3.05) is 19.7 Å². The van der Waals surface area contributed by atoms with Crippen LogP contribution in [0.3, 0.4) is 0 Å². The topological polar surface area (TPSA) is 66.6 Å². The number of carbonyl (C=O) groups excluding carboxylic acids is 1. The monoisotopic (exact) mass is 186 g/mol. The van der Waals surface area contributed by atoms with Crippen molar-refractivity contribution < 1.29 is 9.90 Å². The van der Waals surface area contributed by atoms with E-state index in [1.54, 1.807) is 0 Å². The largest absolute Gasteiger partial charge is 0.395 e. The summed E-state index contributed by atoms with van der Waals surface area (Å²) in [7, 11) is 0. The third-order valence-electron chi connectivity index (χ3n) is 2.57. The number of amides is 1. The third-order valence-corrected chi connectivity index (χ3v) is 2.57. The molecule has 0 aromatic heterocycles. The first-order chi connectivity index (χ1) is 6.24. The lowest BCUT2D eigenvalue weighted by Gasteiger charge is -2.26. The summed E-state index contributed by atoms with van der Waals surface area (Å²) < 4.78 is 0. The summed E-state index contributed by atoms with van der Waals surface area (Å²) in [6, 6.07) is 0.134. The Morgan fingerprint density at radius 3 is 2.85 bits per heavy atom. The maximum absolute atomic E-state index is 10.7. The van der Waals surface area contributed by atoms with Crippen LogP contribution in [0.5, 0.6) is 0 Å². The maximum Gasteiger partial charge on any atom is 0.231 e. The van der Waals surface area contributed by atoms with Gasteiger partial charge in [0.2, 0.25) is 5.91 Å². The van der Waals surface area contributed by atoms with Gasteiger partial charge in [0.1, 0.15) is 0 Å². The number of nitrogens with two attached hydrogens (primary N) is 1. The molecule has 0 bridgehead atoms. The van der Waals surface area contributed by atoms with E-state index >= 15 is 0 Å². The average molecular weight is 186 g/mol. The number of hydrogen-bond acceptors (Lipinski definition) is 3. The molecule has 0 radical (unpaired) electrons. The van der Waals surface area contributed by atoms with Crippen molar-refractivity contribution in [3.8, 4) is 0 Å². The summed E-state index contributed by atoms with van der Waals surface area (Å²) in [4.78, 5) is 12.7. The first-order valence-electron chi connectivity index (χ1n) is 4.87. The van der Waals surface area contributed by atoms with Crippen molar-refractivity contribution in [1.29, 1.82) is 0 Å². The van der Waals surface area contributed by atoms with Gasteiger partial charge in [-0.2, -0.15) is 0 Å². The van der Waals surface area contributed by atoms with Crippen LogP contribution >= 0.6 is 0 Å². The number of carbonyl (C=O) groups is 1. The second-order valence-corrected chi connectivity index (χ2v) is 3.62. The summed E-state index contributed by atoms with van der Waals surface area (Å²) in [6.07, 6.45) is 4.40. The Morgan fingerprint density at radius 1 is 1.46 bits per heavy atom. The van der Waals surface area contributed by atoms with Crippen LogP contribution < -0.4 is 5.73 Å². The van der Waals surface area contributed by atoms with Crippen molar-refractivity contribution in [3.63, 3.8) is 0 Å². The first-order valence-corrected chi connectivity index (χ1v) is 4.87. The van der Waals surface area contributed by atoms with Crippen LogP contribution in [0.15, 0.2) is 0 Å². The van der Waals surface area contributed by atoms with Crippen molar-refractivity contribution in [2.45, 2.75) is 31.7 Å². The van der Waals surface area contributed by atoms with Gasteiger partial charge in [0.05, 0.1) is 13.2 Å². The number of likely N-dealkylation sites (tertiary alicyclic amines) is 1. The van der Waals surface area contributed by atoms with Crippen LogP contribution in [0.25, 0.3) is 0 Å². The molecular formula is C9H18N2O2. The fourth-order valence-corrected chi connectivity index (χ4v) is 1.85. The molecule has 1 aliphatic heterocycles. The molecular weight excluding hydrogens is 168 g/mol. The summed E-state index contributed by atoms with van der Waals surface area (Å²) in [5.74, 6) is -0.305. The molecule has 4 heteroatoms. The van der Waals surface area contributed by atoms with Crippen molar-refractivity contribution >= 4 is 5.91 Å². The molecule has 1 atom stereocenters. The van der Waals surface area contributed by atoms with E-state index < -0.39 is 0 Å². The fourth-order valence-electron chi connectivity index (χ4n) is 1.85. The predicted molar refractivity (Wildman–Crippen MR) is 50.1 cm³/mol. The smallest absolute Gasteiger partial charge is 0.231 e. The number of primary amides is 1. The SMILES string of the molecule is NC(=O)CN1CCCCCC1CO. The van der Waals surface area contributed by atoms with E-state index in [1.165, 1.54) is 6.42 Å².